The zero-order chi connectivity index (χ0) is 16.7. The molecule has 1 N–H and O–H groups in total. The first-order valence-corrected chi connectivity index (χ1v) is 9.22. The molecule has 0 saturated heterocycles. The van der Waals surface area contributed by atoms with Gasteiger partial charge >= 0.3 is 0 Å². The average Bonchev–Trinajstić information content (AvgIpc) is 3.05. The summed E-state index contributed by atoms with van der Waals surface area (Å²) >= 11 is 0. The standard InChI is InChI=1S/C17H15NO5S/c19-17(11-5-6-14-15(9-11)23-10-22-14)18-13-7-8-24(20,21)16-4-2-1-3-12(13)16/h1-6,9,13H,7-8,10H2,(H,18,19)/t13-/m1/s1. The molecule has 2 heterocycles. The molecular formula is C17H15NO5S. The summed E-state index contributed by atoms with van der Waals surface area (Å²) in [4.78, 5) is 12.8. The number of amides is 1. The van der Waals surface area contributed by atoms with Crippen molar-refractivity contribution in [2.24, 2.45) is 0 Å². The maximum atomic E-state index is 12.5. The highest BCUT2D eigenvalue weighted by atomic mass is 32.2. The van der Waals surface area contributed by atoms with Crippen molar-refractivity contribution in [1.29, 1.82) is 0 Å². The smallest absolute Gasteiger partial charge is 0.251 e. The third-order valence-electron chi connectivity index (χ3n) is 4.24. The van der Waals surface area contributed by atoms with Crippen molar-refractivity contribution in [3.8, 4) is 11.5 Å². The first kappa shape index (κ1) is 15.0. The molecule has 4 rings (SSSR count). The summed E-state index contributed by atoms with van der Waals surface area (Å²) in [6, 6.07) is 11.5. The topological polar surface area (TPSA) is 81.7 Å². The van der Waals surface area contributed by atoms with E-state index in [0.717, 1.165) is 0 Å². The zero-order valence-corrected chi connectivity index (χ0v) is 13.5. The Labute approximate surface area is 139 Å². The number of carbonyl (C=O) groups is 1. The zero-order valence-electron chi connectivity index (χ0n) is 12.7. The molecule has 2 aromatic carbocycles. The SMILES string of the molecule is O=C(N[C@@H]1CCS(=O)(=O)c2ccccc21)c1ccc2c(c1)OCO2. The molecule has 2 aromatic rings. The third kappa shape index (κ3) is 2.50. The minimum absolute atomic E-state index is 0.0239. The van der Waals surface area contributed by atoms with E-state index in [1.54, 1.807) is 42.5 Å². The summed E-state index contributed by atoms with van der Waals surface area (Å²) in [6.45, 7) is 0.147. The molecule has 0 radical (unpaired) electrons. The van der Waals surface area contributed by atoms with Crippen LogP contribution in [0.2, 0.25) is 0 Å². The van der Waals surface area contributed by atoms with Gasteiger partial charge in [0, 0.05) is 5.56 Å². The Kier molecular flexibility index (Phi) is 3.45. The Bertz CT molecular complexity index is 922. The predicted molar refractivity (Wildman–Crippen MR) is 85.9 cm³/mol. The highest BCUT2D eigenvalue weighted by molar-refractivity contribution is 7.91. The van der Waals surface area contributed by atoms with Gasteiger partial charge in [0.15, 0.2) is 21.3 Å². The van der Waals surface area contributed by atoms with Crippen LogP contribution in [-0.2, 0) is 9.84 Å². The van der Waals surface area contributed by atoms with Gasteiger partial charge < -0.3 is 14.8 Å². The number of carbonyl (C=O) groups excluding carboxylic acids is 1. The maximum Gasteiger partial charge on any atom is 0.251 e. The summed E-state index contributed by atoms with van der Waals surface area (Å²) in [7, 11) is -3.27. The molecule has 7 heteroatoms. The lowest BCUT2D eigenvalue weighted by Gasteiger charge is -2.26. The molecule has 0 bridgehead atoms. The van der Waals surface area contributed by atoms with Gasteiger partial charge in [0.05, 0.1) is 16.7 Å². The van der Waals surface area contributed by atoms with Crippen LogP contribution in [0.1, 0.15) is 28.4 Å². The summed E-state index contributed by atoms with van der Waals surface area (Å²) < 4.78 is 34.8. The van der Waals surface area contributed by atoms with E-state index in [9.17, 15) is 13.2 Å². The van der Waals surface area contributed by atoms with Gasteiger partial charge in [-0.2, -0.15) is 0 Å². The Balaban J connectivity index is 1.61. The maximum absolute atomic E-state index is 12.5. The van der Waals surface area contributed by atoms with Crippen LogP contribution in [0.4, 0.5) is 0 Å². The second kappa shape index (κ2) is 5.52. The fourth-order valence-corrected chi connectivity index (χ4v) is 4.64. The van der Waals surface area contributed by atoms with Crippen molar-refractivity contribution in [2.45, 2.75) is 17.4 Å². The molecule has 0 saturated carbocycles. The van der Waals surface area contributed by atoms with Gasteiger partial charge in [-0.05, 0) is 36.2 Å². The van der Waals surface area contributed by atoms with E-state index in [0.29, 0.717) is 33.9 Å². The van der Waals surface area contributed by atoms with Crippen molar-refractivity contribution in [3.63, 3.8) is 0 Å². The van der Waals surface area contributed by atoms with Gasteiger partial charge in [-0.1, -0.05) is 18.2 Å². The van der Waals surface area contributed by atoms with Crippen LogP contribution >= 0.6 is 0 Å². The monoisotopic (exact) mass is 345 g/mol. The fraction of sp³-hybridized carbons (Fsp3) is 0.235. The van der Waals surface area contributed by atoms with Crippen molar-refractivity contribution in [1.82, 2.24) is 5.32 Å². The van der Waals surface area contributed by atoms with E-state index in [4.69, 9.17) is 9.47 Å². The number of benzene rings is 2. The van der Waals surface area contributed by atoms with E-state index in [2.05, 4.69) is 5.32 Å². The molecule has 24 heavy (non-hydrogen) atoms. The van der Waals surface area contributed by atoms with E-state index in [1.165, 1.54) is 0 Å². The van der Waals surface area contributed by atoms with Crippen LogP contribution < -0.4 is 14.8 Å². The molecule has 1 amide bonds. The van der Waals surface area contributed by atoms with Crippen LogP contribution in [0, 0.1) is 0 Å². The lowest BCUT2D eigenvalue weighted by molar-refractivity contribution is 0.0934. The first-order valence-electron chi connectivity index (χ1n) is 7.57. The summed E-state index contributed by atoms with van der Waals surface area (Å²) in [5.41, 5.74) is 1.09. The third-order valence-corrected chi connectivity index (χ3v) is 6.06. The van der Waals surface area contributed by atoms with Crippen molar-refractivity contribution in [3.05, 3.63) is 53.6 Å². The van der Waals surface area contributed by atoms with Crippen LogP contribution in [0.5, 0.6) is 11.5 Å². The minimum atomic E-state index is -3.27. The summed E-state index contributed by atoms with van der Waals surface area (Å²) in [6.07, 6.45) is 0.357. The van der Waals surface area contributed by atoms with Crippen molar-refractivity contribution in [2.75, 3.05) is 12.5 Å². The van der Waals surface area contributed by atoms with Crippen molar-refractivity contribution < 1.29 is 22.7 Å². The molecule has 0 fully saturated rings. The molecule has 124 valence electrons. The number of hydrogen-bond acceptors (Lipinski definition) is 5. The molecule has 0 spiro atoms. The molecule has 2 aliphatic heterocycles. The van der Waals surface area contributed by atoms with E-state index < -0.39 is 9.84 Å². The number of nitrogens with one attached hydrogen (secondary N) is 1. The Morgan fingerprint density at radius 3 is 2.75 bits per heavy atom. The van der Waals surface area contributed by atoms with Crippen molar-refractivity contribution >= 4 is 15.7 Å². The number of hydrogen-bond donors (Lipinski definition) is 1. The number of sulfone groups is 1. The van der Waals surface area contributed by atoms with Crippen LogP contribution in [0.3, 0.4) is 0 Å². The number of fused-ring (bicyclic) bond motifs is 2. The Hall–Kier alpha value is -2.54. The molecule has 1 atom stereocenters. The highest BCUT2D eigenvalue weighted by Crippen LogP contribution is 2.34. The minimum Gasteiger partial charge on any atom is -0.454 e. The van der Waals surface area contributed by atoms with E-state index in [-0.39, 0.29) is 24.5 Å². The van der Waals surface area contributed by atoms with Gasteiger partial charge in [0.1, 0.15) is 0 Å². The van der Waals surface area contributed by atoms with Crippen LogP contribution in [-0.4, -0.2) is 26.9 Å². The molecular weight excluding hydrogens is 330 g/mol. The highest BCUT2D eigenvalue weighted by Gasteiger charge is 2.31. The molecule has 2 aliphatic rings. The van der Waals surface area contributed by atoms with Crippen LogP contribution in [0.15, 0.2) is 47.4 Å². The predicted octanol–water partition coefficient (Wildman–Crippen LogP) is 2.06. The second-order valence-electron chi connectivity index (χ2n) is 5.74. The molecule has 0 aromatic heterocycles. The molecule has 0 aliphatic carbocycles. The van der Waals surface area contributed by atoms with Crippen LogP contribution in [0.25, 0.3) is 0 Å². The molecule has 0 unspecified atom stereocenters. The largest absolute Gasteiger partial charge is 0.454 e. The average molecular weight is 345 g/mol. The Morgan fingerprint density at radius 1 is 1.08 bits per heavy atom. The lowest BCUT2D eigenvalue weighted by atomic mass is 10.0. The fourth-order valence-electron chi connectivity index (χ4n) is 3.02. The Morgan fingerprint density at radius 2 is 1.88 bits per heavy atom. The van der Waals surface area contributed by atoms with Gasteiger partial charge in [0.25, 0.3) is 5.91 Å². The lowest BCUT2D eigenvalue weighted by Crippen LogP contribution is -2.33. The number of ether oxygens (including phenoxy) is 2. The quantitative estimate of drug-likeness (QED) is 0.901. The molecule has 6 nitrogen and oxygen atoms in total. The van der Waals surface area contributed by atoms with Gasteiger partial charge in [-0.15, -0.1) is 0 Å². The first-order chi connectivity index (χ1) is 11.5. The van der Waals surface area contributed by atoms with E-state index >= 15 is 0 Å². The van der Waals surface area contributed by atoms with Gasteiger partial charge in [-0.3, -0.25) is 4.79 Å². The van der Waals surface area contributed by atoms with Gasteiger partial charge in [-0.25, -0.2) is 8.42 Å². The second-order valence-corrected chi connectivity index (χ2v) is 7.82. The number of rotatable bonds is 2. The summed E-state index contributed by atoms with van der Waals surface area (Å²) in [5, 5.41) is 2.92. The van der Waals surface area contributed by atoms with Gasteiger partial charge in [0.2, 0.25) is 6.79 Å². The van der Waals surface area contributed by atoms with E-state index in [1.807, 2.05) is 0 Å². The normalized spacial score (nSPS) is 20.2. The summed E-state index contributed by atoms with van der Waals surface area (Å²) in [5.74, 6) is 0.901.